The van der Waals surface area contributed by atoms with Crippen LogP contribution in [-0.2, 0) is 0 Å². The average molecular weight is 323 g/mol. The molecule has 0 amide bonds. The van der Waals surface area contributed by atoms with Crippen LogP contribution in [0.3, 0.4) is 0 Å². The predicted molar refractivity (Wildman–Crippen MR) is 66.9 cm³/mol. The maximum atomic E-state index is 5.94. The molecule has 6 N–H and O–H groups in total. The molecule has 0 saturated carbocycles. The zero-order chi connectivity index (χ0) is 10.7. The summed E-state index contributed by atoms with van der Waals surface area (Å²) in [6, 6.07) is 3.72. The molecule has 1 rings (SSSR count). The first-order chi connectivity index (χ1) is 6.56. The lowest BCUT2D eigenvalue weighted by Crippen LogP contribution is -2.17. The standard InChI is InChI=1S/C9H13Br2N3/c10-5-3-6(8(13)1-2-12)9(14)7(11)4-5/h3-4,8H,1-2,12-14H2/t8-/m1/s1. The van der Waals surface area contributed by atoms with E-state index in [1.54, 1.807) is 0 Å². The highest BCUT2D eigenvalue weighted by atomic mass is 79.9. The molecule has 0 aliphatic rings. The number of hydrogen-bond donors (Lipinski definition) is 3. The van der Waals surface area contributed by atoms with Gasteiger partial charge in [-0.1, -0.05) is 15.9 Å². The number of hydrogen-bond acceptors (Lipinski definition) is 3. The minimum Gasteiger partial charge on any atom is -0.398 e. The van der Waals surface area contributed by atoms with E-state index in [2.05, 4.69) is 31.9 Å². The lowest BCUT2D eigenvalue weighted by atomic mass is 10.0. The molecule has 0 aliphatic heterocycles. The van der Waals surface area contributed by atoms with Crippen LogP contribution in [-0.4, -0.2) is 6.54 Å². The van der Waals surface area contributed by atoms with Gasteiger partial charge in [0.05, 0.1) is 5.69 Å². The second-order valence-corrected chi connectivity index (χ2v) is 4.84. The number of halogens is 2. The summed E-state index contributed by atoms with van der Waals surface area (Å²) < 4.78 is 1.82. The molecule has 1 aromatic carbocycles. The van der Waals surface area contributed by atoms with E-state index < -0.39 is 0 Å². The van der Waals surface area contributed by atoms with Gasteiger partial charge < -0.3 is 17.2 Å². The van der Waals surface area contributed by atoms with Crippen LogP contribution < -0.4 is 17.2 Å². The maximum absolute atomic E-state index is 5.94. The topological polar surface area (TPSA) is 78.1 Å². The Hall–Kier alpha value is -0.100. The molecule has 0 fully saturated rings. The van der Waals surface area contributed by atoms with Gasteiger partial charge in [0.15, 0.2) is 0 Å². The first-order valence-corrected chi connectivity index (χ1v) is 5.85. The fourth-order valence-corrected chi connectivity index (χ4v) is 2.50. The van der Waals surface area contributed by atoms with Crippen molar-refractivity contribution in [3.63, 3.8) is 0 Å². The van der Waals surface area contributed by atoms with Crippen molar-refractivity contribution in [1.82, 2.24) is 0 Å². The van der Waals surface area contributed by atoms with Gasteiger partial charge in [0.2, 0.25) is 0 Å². The Labute approximate surface area is 100 Å². The van der Waals surface area contributed by atoms with Crippen LogP contribution in [0.15, 0.2) is 21.1 Å². The van der Waals surface area contributed by atoms with Crippen molar-refractivity contribution in [2.45, 2.75) is 12.5 Å². The van der Waals surface area contributed by atoms with Gasteiger partial charge in [-0.15, -0.1) is 0 Å². The smallest absolute Gasteiger partial charge is 0.0507 e. The Morgan fingerprint density at radius 2 is 1.93 bits per heavy atom. The van der Waals surface area contributed by atoms with Gasteiger partial charge in [-0.25, -0.2) is 0 Å². The summed E-state index contributed by atoms with van der Waals surface area (Å²) in [5.74, 6) is 0. The molecule has 0 spiro atoms. The largest absolute Gasteiger partial charge is 0.398 e. The van der Waals surface area contributed by atoms with Crippen molar-refractivity contribution in [3.8, 4) is 0 Å². The molecule has 0 radical (unpaired) electrons. The summed E-state index contributed by atoms with van der Waals surface area (Å²) in [5.41, 5.74) is 18.9. The van der Waals surface area contributed by atoms with Crippen molar-refractivity contribution in [3.05, 3.63) is 26.6 Å². The van der Waals surface area contributed by atoms with E-state index in [0.717, 1.165) is 20.9 Å². The summed E-state index contributed by atoms with van der Waals surface area (Å²) in [5, 5.41) is 0. The molecule has 3 nitrogen and oxygen atoms in total. The molecule has 78 valence electrons. The highest BCUT2D eigenvalue weighted by molar-refractivity contribution is 9.11. The Bertz CT molecular complexity index is 328. The van der Waals surface area contributed by atoms with E-state index in [1.165, 1.54) is 0 Å². The van der Waals surface area contributed by atoms with E-state index in [-0.39, 0.29) is 6.04 Å². The number of benzene rings is 1. The zero-order valence-electron chi connectivity index (χ0n) is 7.63. The molecule has 0 aliphatic carbocycles. The number of rotatable bonds is 3. The molecule has 5 heteroatoms. The molecule has 0 unspecified atom stereocenters. The fourth-order valence-electron chi connectivity index (χ4n) is 1.25. The van der Waals surface area contributed by atoms with Gasteiger partial charge in [0, 0.05) is 15.0 Å². The Morgan fingerprint density at radius 1 is 1.29 bits per heavy atom. The second kappa shape index (κ2) is 5.11. The molecule has 0 saturated heterocycles. The lowest BCUT2D eigenvalue weighted by Gasteiger charge is -2.15. The number of nitrogens with two attached hydrogens (primary N) is 3. The third kappa shape index (κ3) is 2.70. The summed E-state index contributed by atoms with van der Waals surface area (Å²) in [6.45, 7) is 0.560. The first-order valence-electron chi connectivity index (χ1n) is 4.26. The van der Waals surface area contributed by atoms with Gasteiger partial charge in [-0.05, 0) is 46.6 Å². The van der Waals surface area contributed by atoms with Crippen molar-refractivity contribution < 1.29 is 0 Å². The van der Waals surface area contributed by atoms with Crippen molar-refractivity contribution in [2.75, 3.05) is 12.3 Å². The van der Waals surface area contributed by atoms with Gasteiger partial charge in [-0.2, -0.15) is 0 Å². The van der Waals surface area contributed by atoms with E-state index in [0.29, 0.717) is 12.2 Å². The maximum Gasteiger partial charge on any atom is 0.0507 e. The quantitative estimate of drug-likeness (QED) is 0.746. The van der Waals surface area contributed by atoms with Crippen LogP contribution in [0, 0.1) is 0 Å². The highest BCUT2D eigenvalue weighted by Gasteiger charge is 2.11. The molecule has 14 heavy (non-hydrogen) atoms. The minimum absolute atomic E-state index is 0.103. The molecule has 0 bridgehead atoms. The summed E-state index contributed by atoms with van der Waals surface area (Å²) in [6.07, 6.45) is 0.729. The Morgan fingerprint density at radius 3 is 2.50 bits per heavy atom. The molecule has 0 heterocycles. The zero-order valence-corrected chi connectivity index (χ0v) is 10.8. The van der Waals surface area contributed by atoms with Crippen molar-refractivity contribution in [1.29, 1.82) is 0 Å². The first kappa shape index (κ1) is 12.0. The van der Waals surface area contributed by atoms with Crippen molar-refractivity contribution in [2.24, 2.45) is 11.5 Å². The van der Waals surface area contributed by atoms with Crippen LogP contribution in [0.1, 0.15) is 18.0 Å². The van der Waals surface area contributed by atoms with Crippen LogP contribution in [0.2, 0.25) is 0 Å². The van der Waals surface area contributed by atoms with E-state index in [9.17, 15) is 0 Å². The molecule has 1 atom stereocenters. The second-order valence-electron chi connectivity index (χ2n) is 3.07. The molecular weight excluding hydrogens is 310 g/mol. The molecular formula is C9H13Br2N3. The molecule has 0 aromatic heterocycles. The summed E-state index contributed by atoms with van der Waals surface area (Å²) in [7, 11) is 0. The van der Waals surface area contributed by atoms with Gasteiger partial charge >= 0.3 is 0 Å². The molecule has 1 aromatic rings. The van der Waals surface area contributed by atoms with E-state index in [1.807, 2.05) is 12.1 Å². The van der Waals surface area contributed by atoms with Crippen molar-refractivity contribution >= 4 is 37.5 Å². The lowest BCUT2D eigenvalue weighted by molar-refractivity contribution is 0.662. The summed E-state index contributed by atoms with van der Waals surface area (Å²) >= 11 is 6.77. The number of nitrogen functional groups attached to an aromatic ring is 1. The van der Waals surface area contributed by atoms with Gasteiger partial charge in [0.25, 0.3) is 0 Å². The van der Waals surface area contributed by atoms with E-state index >= 15 is 0 Å². The Balaban J connectivity index is 3.07. The third-order valence-electron chi connectivity index (χ3n) is 2.00. The SMILES string of the molecule is NCC[C@@H](N)c1cc(Br)cc(Br)c1N. The highest BCUT2D eigenvalue weighted by Crippen LogP contribution is 2.31. The van der Waals surface area contributed by atoms with Crippen LogP contribution in [0.4, 0.5) is 5.69 Å². The monoisotopic (exact) mass is 321 g/mol. The van der Waals surface area contributed by atoms with Gasteiger partial charge in [-0.3, -0.25) is 0 Å². The van der Waals surface area contributed by atoms with Crippen LogP contribution in [0.5, 0.6) is 0 Å². The number of anilines is 1. The third-order valence-corrected chi connectivity index (χ3v) is 3.12. The normalized spacial score (nSPS) is 12.9. The van der Waals surface area contributed by atoms with Crippen LogP contribution >= 0.6 is 31.9 Å². The minimum atomic E-state index is -0.103. The fraction of sp³-hybridized carbons (Fsp3) is 0.333. The van der Waals surface area contributed by atoms with E-state index in [4.69, 9.17) is 17.2 Å². The Kier molecular flexibility index (Phi) is 4.37. The summed E-state index contributed by atoms with van der Waals surface area (Å²) in [4.78, 5) is 0. The predicted octanol–water partition coefficient (Wildman–Crippen LogP) is 2.14. The van der Waals surface area contributed by atoms with Crippen LogP contribution in [0.25, 0.3) is 0 Å². The average Bonchev–Trinajstić information content (AvgIpc) is 2.11. The van der Waals surface area contributed by atoms with Gasteiger partial charge in [0.1, 0.15) is 0 Å².